The Balaban J connectivity index is 1.49. The number of nitrogens with zero attached hydrogens (tertiary/aromatic N) is 2. The quantitative estimate of drug-likeness (QED) is 0.699. The van der Waals surface area contributed by atoms with E-state index in [0.29, 0.717) is 30.8 Å². The summed E-state index contributed by atoms with van der Waals surface area (Å²) < 4.78 is 0. The van der Waals surface area contributed by atoms with E-state index in [4.69, 9.17) is 0 Å². The standard InChI is InChI=1S/C27H24N2O3/c30-25-20-15-29(14-17-7-2-1-3-8-17)16-22(25)27(32)21-11-5-4-10-19(21)26(31)24(27)23(20)18-9-6-12-28-13-18/h1-13,20,22-24,32H,14-16H2/t20-,22-,23-,24-,27+/m0/s1. The van der Waals surface area contributed by atoms with Gasteiger partial charge >= 0.3 is 0 Å². The summed E-state index contributed by atoms with van der Waals surface area (Å²) in [6, 6.07) is 21.2. The number of carbonyl (C=O) groups excluding carboxylic acids is 2. The largest absolute Gasteiger partial charge is 0.384 e. The normalized spacial score (nSPS) is 31.3. The van der Waals surface area contributed by atoms with Crippen molar-refractivity contribution in [1.82, 2.24) is 9.88 Å². The monoisotopic (exact) mass is 424 g/mol. The summed E-state index contributed by atoms with van der Waals surface area (Å²) in [5.41, 5.74) is 1.66. The lowest BCUT2D eigenvalue weighted by Crippen LogP contribution is -2.63. The van der Waals surface area contributed by atoms with Crippen LogP contribution in [-0.4, -0.2) is 39.6 Å². The predicted molar refractivity (Wildman–Crippen MR) is 119 cm³/mol. The zero-order valence-electron chi connectivity index (χ0n) is 17.6. The third-order valence-corrected chi connectivity index (χ3v) is 7.63. The Morgan fingerprint density at radius 1 is 0.969 bits per heavy atom. The highest BCUT2D eigenvalue weighted by atomic mass is 16.3. The Labute approximate surface area is 186 Å². The number of benzene rings is 2. The summed E-state index contributed by atoms with van der Waals surface area (Å²) in [7, 11) is 0. The lowest BCUT2D eigenvalue weighted by atomic mass is 9.55. The number of aromatic nitrogens is 1. The Morgan fingerprint density at radius 3 is 2.53 bits per heavy atom. The predicted octanol–water partition coefficient (Wildman–Crippen LogP) is 3.20. The molecule has 1 saturated heterocycles. The van der Waals surface area contributed by atoms with E-state index < -0.39 is 23.4 Å². The van der Waals surface area contributed by atoms with Gasteiger partial charge in [-0.1, -0.05) is 60.7 Å². The molecule has 5 nitrogen and oxygen atoms in total. The average Bonchev–Trinajstić information content (AvgIpc) is 3.05. The molecule has 3 aliphatic rings. The van der Waals surface area contributed by atoms with E-state index in [0.717, 1.165) is 5.56 Å². The van der Waals surface area contributed by atoms with E-state index >= 15 is 0 Å². The highest BCUT2D eigenvalue weighted by Crippen LogP contribution is 2.59. The van der Waals surface area contributed by atoms with Crippen molar-refractivity contribution in [2.24, 2.45) is 17.8 Å². The van der Waals surface area contributed by atoms with E-state index in [1.54, 1.807) is 18.5 Å². The van der Waals surface area contributed by atoms with Gasteiger partial charge in [0.2, 0.25) is 0 Å². The van der Waals surface area contributed by atoms with Crippen molar-refractivity contribution in [2.75, 3.05) is 13.1 Å². The molecule has 2 fully saturated rings. The molecule has 2 aromatic carbocycles. The molecule has 160 valence electrons. The summed E-state index contributed by atoms with van der Waals surface area (Å²) >= 11 is 0. The fraction of sp³-hybridized carbons (Fsp3) is 0.296. The molecule has 1 aromatic heterocycles. The summed E-state index contributed by atoms with van der Waals surface area (Å²) in [5, 5.41) is 12.2. The summed E-state index contributed by atoms with van der Waals surface area (Å²) in [6.07, 6.45) is 3.43. The van der Waals surface area contributed by atoms with Crippen molar-refractivity contribution in [3.63, 3.8) is 0 Å². The van der Waals surface area contributed by atoms with Crippen molar-refractivity contribution in [1.29, 1.82) is 0 Å². The van der Waals surface area contributed by atoms with Crippen LogP contribution < -0.4 is 0 Å². The minimum atomic E-state index is -1.50. The molecule has 0 spiro atoms. The van der Waals surface area contributed by atoms with Crippen LogP contribution >= 0.6 is 0 Å². The second-order valence-electron chi connectivity index (χ2n) is 9.27. The molecule has 32 heavy (non-hydrogen) atoms. The smallest absolute Gasteiger partial charge is 0.170 e. The first kappa shape index (κ1) is 19.5. The van der Waals surface area contributed by atoms with Gasteiger partial charge in [-0.3, -0.25) is 19.5 Å². The van der Waals surface area contributed by atoms with E-state index in [2.05, 4.69) is 22.0 Å². The third kappa shape index (κ3) is 2.68. The molecule has 3 aromatic rings. The second-order valence-corrected chi connectivity index (χ2v) is 9.27. The number of aliphatic hydroxyl groups is 1. The van der Waals surface area contributed by atoms with Gasteiger partial charge in [0.1, 0.15) is 11.4 Å². The van der Waals surface area contributed by atoms with Crippen molar-refractivity contribution < 1.29 is 14.7 Å². The van der Waals surface area contributed by atoms with E-state index in [-0.39, 0.29) is 17.5 Å². The first-order chi connectivity index (χ1) is 15.6. The van der Waals surface area contributed by atoms with Crippen LogP contribution in [0.15, 0.2) is 79.1 Å². The summed E-state index contributed by atoms with van der Waals surface area (Å²) in [6.45, 7) is 1.72. The minimum absolute atomic E-state index is 0.0593. The minimum Gasteiger partial charge on any atom is -0.384 e. The van der Waals surface area contributed by atoms with Crippen LogP contribution in [-0.2, 0) is 16.9 Å². The molecule has 1 saturated carbocycles. The van der Waals surface area contributed by atoms with Crippen molar-refractivity contribution in [3.05, 3.63) is 101 Å². The average molecular weight is 425 g/mol. The Hall–Kier alpha value is -3.15. The zero-order chi connectivity index (χ0) is 21.9. The summed E-state index contributed by atoms with van der Waals surface area (Å²) in [5.74, 6) is -2.06. The molecule has 0 amide bonds. The molecule has 5 atom stereocenters. The molecule has 2 aliphatic carbocycles. The van der Waals surface area contributed by atoms with Gasteiger partial charge in [-0.05, 0) is 22.8 Å². The second kappa shape index (κ2) is 7.19. The lowest BCUT2D eigenvalue weighted by molar-refractivity contribution is -0.166. The SMILES string of the molecule is O=C1c2ccccc2[C@]2(O)[C@H]1[C@@H](c1cccnc1)[C@@H]1CN(Cc3ccccc3)C[C@H]2C1=O. The number of piperidine rings is 1. The van der Waals surface area contributed by atoms with Crippen LogP contribution in [0, 0.1) is 17.8 Å². The number of hydrogen-bond donors (Lipinski definition) is 1. The van der Waals surface area contributed by atoms with Crippen LogP contribution in [0.2, 0.25) is 0 Å². The zero-order valence-corrected chi connectivity index (χ0v) is 17.6. The topological polar surface area (TPSA) is 70.5 Å². The maximum Gasteiger partial charge on any atom is 0.170 e. The molecular weight excluding hydrogens is 400 g/mol. The van der Waals surface area contributed by atoms with Crippen LogP contribution in [0.25, 0.3) is 0 Å². The molecule has 6 rings (SSSR count). The highest BCUT2D eigenvalue weighted by molar-refractivity contribution is 6.07. The van der Waals surface area contributed by atoms with Crippen LogP contribution in [0.4, 0.5) is 0 Å². The number of fused-ring (bicyclic) bond motifs is 6. The fourth-order valence-electron chi connectivity index (χ4n) is 6.32. The van der Waals surface area contributed by atoms with Gasteiger partial charge in [-0.25, -0.2) is 0 Å². The van der Waals surface area contributed by atoms with Gasteiger partial charge in [-0.15, -0.1) is 0 Å². The number of rotatable bonds is 3. The maximum absolute atomic E-state index is 13.7. The molecule has 0 radical (unpaired) electrons. The number of pyridine rings is 1. The molecule has 5 heteroatoms. The molecule has 2 bridgehead atoms. The lowest BCUT2D eigenvalue weighted by Gasteiger charge is -2.53. The molecule has 1 N–H and O–H groups in total. The molecule has 2 heterocycles. The van der Waals surface area contributed by atoms with E-state index in [1.165, 1.54) is 5.56 Å². The maximum atomic E-state index is 13.7. The van der Waals surface area contributed by atoms with Gasteiger partial charge in [0.15, 0.2) is 5.78 Å². The van der Waals surface area contributed by atoms with E-state index in [9.17, 15) is 14.7 Å². The Morgan fingerprint density at radius 2 is 1.75 bits per heavy atom. The fourth-order valence-corrected chi connectivity index (χ4v) is 6.32. The first-order valence-corrected chi connectivity index (χ1v) is 11.1. The number of hydrogen-bond acceptors (Lipinski definition) is 5. The van der Waals surface area contributed by atoms with Gasteiger partial charge < -0.3 is 5.11 Å². The van der Waals surface area contributed by atoms with Crippen LogP contribution in [0.1, 0.15) is 33.0 Å². The summed E-state index contributed by atoms with van der Waals surface area (Å²) in [4.78, 5) is 33.9. The van der Waals surface area contributed by atoms with Crippen molar-refractivity contribution in [2.45, 2.75) is 18.1 Å². The van der Waals surface area contributed by atoms with E-state index in [1.807, 2.05) is 48.5 Å². The van der Waals surface area contributed by atoms with Gasteiger partial charge in [0.05, 0.1) is 11.8 Å². The van der Waals surface area contributed by atoms with Crippen molar-refractivity contribution >= 4 is 11.6 Å². The number of carbonyl (C=O) groups is 2. The highest BCUT2D eigenvalue weighted by Gasteiger charge is 2.67. The van der Waals surface area contributed by atoms with Crippen LogP contribution in [0.3, 0.4) is 0 Å². The Bertz CT molecular complexity index is 1200. The van der Waals surface area contributed by atoms with Crippen molar-refractivity contribution in [3.8, 4) is 0 Å². The van der Waals surface area contributed by atoms with Gasteiger partial charge in [0, 0.05) is 49.4 Å². The number of likely N-dealkylation sites (tertiary alicyclic amines) is 1. The number of ketones is 2. The molecule has 0 unspecified atom stereocenters. The number of Topliss-reactive ketones (excluding diaryl/α,β-unsaturated/α-hetero) is 2. The Kier molecular flexibility index (Phi) is 4.39. The van der Waals surface area contributed by atoms with Gasteiger partial charge in [0.25, 0.3) is 0 Å². The first-order valence-electron chi connectivity index (χ1n) is 11.1. The third-order valence-electron chi connectivity index (χ3n) is 7.63. The van der Waals surface area contributed by atoms with Crippen LogP contribution in [0.5, 0.6) is 0 Å². The van der Waals surface area contributed by atoms with Gasteiger partial charge in [-0.2, -0.15) is 0 Å². The molecule has 1 aliphatic heterocycles. The molecular formula is C27H24N2O3.